The summed E-state index contributed by atoms with van der Waals surface area (Å²) in [6.07, 6.45) is 5.29. The maximum Gasteiger partial charge on any atom is 0.228 e. The van der Waals surface area contributed by atoms with E-state index in [4.69, 9.17) is 0 Å². The number of carbonyl (C=O) groups excluding carboxylic acids is 1. The highest BCUT2D eigenvalue weighted by molar-refractivity contribution is 7.09. The summed E-state index contributed by atoms with van der Waals surface area (Å²) in [4.78, 5) is 21.5. The molecule has 0 N–H and O–H groups in total. The lowest BCUT2D eigenvalue weighted by atomic mass is 10.0. The SMILES string of the molecule is Cc1nc(CC(=O)N2CCC[C@@H]2[C@H]2CCCN2C)cs1. The van der Waals surface area contributed by atoms with Crippen LogP contribution in [-0.4, -0.2) is 52.9 Å². The lowest BCUT2D eigenvalue weighted by Gasteiger charge is -2.33. The molecule has 2 atom stereocenters. The zero-order chi connectivity index (χ0) is 14.1. The lowest BCUT2D eigenvalue weighted by molar-refractivity contribution is -0.132. The Morgan fingerprint density at radius 3 is 2.75 bits per heavy atom. The first-order chi connectivity index (χ1) is 9.65. The van der Waals surface area contributed by atoms with Crippen molar-refractivity contribution in [3.05, 3.63) is 16.1 Å². The number of likely N-dealkylation sites (tertiary alicyclic amines) is 2. The molecule has 5 heteroatoms. The van der Waals surface area contributed by atoms with E-state index in [1.165, 1.54) is 19.4 Å². The number of likely N-dealkylation sites (N-methyl/N-ethyl adjacent to an activating group) is 1. The van der Waals surface area contributed by atoms with Crippen molar-refractivity contribution in [3.8, 4) is 0 Å². The first kappa shape index (κ1) is 14.0. The zero-order valence-electron chi connectivity index (χ0n) is 12.3. The highest BCUT2D eigenvalue weighted by Gasteiger charge is 2.38. The third kappa shape index (κ3) is 2.74. The van der Waals surface area contributed by atoms with Gasteiger partial charge in [-0.1, -0.05) is 0 Å². The summed E-state index contributed by atoms with van der Waals surface area (Å²) >= 11 is 1.63. The van der Waals surface area contributed by atoms with E-state index in [2.05, 4.69) is 21.8 Å². The fraction of sp³-hybridized carbons (Fsp3) is 0.733. The van der Waals surface area contributed by atoms with Gasteiger partial charge in [0.2, 0.25) is 5.91 Å². The molecule has 2 aliphatic rings. The van der Waals surface area contributed by atoms with Gasteiger partial charge in [-0.25, -0.2) is 4.98 Å². The largest absolute Gasteiger partial charge is 0.338 e. The van der Waals surface area contributed by atoms with Gasteiger partial charge in [-0.15, -0.1) is 11.3 Å². The van der Waals surface area contributed by atoms with Crippen molar-refractivity contribution in [2.24, 2.45) is 0 Å². The maximum atomic E-state index is 12.6. The summed E-state index contributed by atoms with van der Waals surface area (Å²) in [7, 11) is 2.20. The molecule has 0 spiro atoms. The van der Waals surface area contributed by atoms with E-state index in [1.54, 1.807) is 11.3 Å². The van der Waals surface area contributed by atoms with Gasteiger partial charge in [-0.3, -0.25) is 4.79 Å². The molecule has 1 aromatic rings. The Kier molecular flexibility index (Phi) is 4.08. The molecule has 110 valence electrons. The monoisotopic (exact) mass is 293 g/mol. The number of aryl methyl sites for hydroxylation is 1. The molecule has 2 fully saturated rings. The molecular formula is C15H23N3OS. The standard InChI is InChI=1S/C15H23N3OS/c1-11-16-12(10-20-11)9-15(19)18-8-4-6-14(18)13-5-3-7-17(13)2/h10,13-14H,3-9H2,1-2H3/t13-,14-/m1/s1. The van der Waals surface area contributed by atoms with Crippen molar-refractivity contribution >= 4 is 17.2 Å². The van der Waals surface area contributed by atoms with Gasteiger partial charge in [0.1, 0.15) is 0 Å². The number of thiazole rings is 1. The highest BCUT2D eigenvalue weighted by atomic mass is 32.1. The highest BCUT2D eigenvalue weighted by Crippen LogP contribution is 2.29. The number of hydrogen-bond acceptors (Lipinski definition) is 4. The Bertz CT molecular complexity index is 487. The van der Waals surface area contributed by atoms with Crippen LogP contribution in [0.2, 0.25) is 0 Å². The summed E-state index contributed by atoms with van der Waals surface area (Å²) in [5, 5.41) is 3.06. The first-order valence-corrected chi connectivity index (χ1v) is 8.44. The molecule has 0 unspecified atom stereocenters. The molecule has 2 aliphatic heterocycles. The van der Waals surface area contributed by atoms with E-state index < -0.39 is 0 Å². The summed E-state index contributed by atoms with van der Waals surface area (Å²) in [5.41, 5.74) is 0.933. The van der Waals surface area contributed by atoms with E-state index in [-0.39, 0.29) is 5.91 Å². The van der Waals surface area contributed by atoms with Gasteiger partial charge >= 0.3 is 0 Å². The van der Waals surface area contributed by atoms with Crippen molar-refractivity contribution in [1.82, 2.24) is 14.8 Å². The van der Waals surface area contributed by atoms with Gasteiger partial charge < -0.3 is 9.80 Å². The molecule has 0 aromatic carbocycles. The second-order valence-electron chi connectivity index (χ2n) is 6.02. The van der Waals surface area contributed by atoms with Crippen molar-refractivity contribution in [1.29, 1.82) is 0 Å². The van der Waals surface area contributed by atoms with Crippen molar-refractivity contribution in [2.75, 3.05) is 20.1 Å². The molecule has 0 radical (unpaired) electrons. The Hall–Kier alpha value is -0.940. The van der Waals surface area contributed by atoms with Crippen molar-refractivity contribution in [3.63, 3.8) is 0 Å². The van der Waals surface area contributed by atoms with E-state index in [1.807, 2.05) is 12.3 Å². The van der Waals surface area contributed by atoms with Gasteiger partial charge in [-0.2, -0.15) is 0 Å². The van der Waals surface area contributed by atoms with Crippen LogP contribution >= 0.6 is 11.3 Å². The minimum absolute atomic E-state index is 0.262. The van der Waals surface area contributed by atoms with Crippen LogP contribution in [0.1, 0.15) is 36.4 Å². The van der Waals surface area contributed by atoms with Crippen LogP contribution in [0.25, 0.3) is 0 Å². The smallest absolute Gasteiger partial charge is 0.228 e. The summed E-state index contributed by atoms with van der Waals surface area (Å²) in [5.74, 6) is 0.262. The van der Waals surface area contributed by atoms with Crippen molar-refractivity contribution < 1.29 is 4.79 Å². The number of hydrogen-bond donors (Lipinski definition) is 0. The number of nitrogens with zero attached hydrogens (tertiary/aromatic N) is 3. The average molecular weight is 293 g/mol. The Balaban J connectivity index is 1.67. The molecular weight excluding hydrogens is 270 g/mol. The molecule has 3 heterocycles. The molecule has 0 aliphatic carbocycles. The summed E-state index contributed by atoms with van der Waals surface area (Å²) < 4.78 is 0. The zero-order valence-corrected chi connectivity index (χ0v) is 13.2. The predicted octanol–water partition coefficient (Wildman–Crippen LogP) is 2.08. The van der Waals surface area contributed by atoms with Crippen LogP contribution < -0.4 is 0 Å². The predicted molar refractivity (Wildman–Crippen MR) is 80.9 cm³/mol. The van der Waals surface area contributed by atoms with Gasteiger partial charge in [-0.05, 0) is 46.2 Å². The van der Waals surface area contributed by atoms with Gasteiger partial charge in [0.25, 0.3) is 0 Å². The average Bonchev–Trinajstić information content (AvgIpc) is 3.10. The summed E-state index contributed by atoms with van der Waals surface area (Å²) in [6, 6.07) is 0.994. The van der Waals surface area contributed by atoms with Crippen LogP contribution in [0, 0.1) is 6.92 Å². The van der Waals surface area contributed by atoms with Gasteiger partial charge in [0.15, 0.2) is 0 Å². The maximum absolute atomic E-state index is 12.6. The van der Waals surface area contributed by atoms with Crippen LogP contribution in [0.5, 0.6) is 0 Å². The Morgan fingerprint density at radius 1 is 1.35 bits per heavy atom. The fourth-order valence-corrected chi connectivity index (χ4v) is 4.28. The second kappa shape index (κ2) is 5.82. The fourth-order valence-electron chi connectivity index (χ4n) is 3.67. The molecule has 1 amide bonds. The number of carbonyl (C=O) groups is 1. The van der Waals surface area contributed by atoms with E-state index in [9.17, 15) is 4.79 Å². The molecule has 0 bridgehead atoms. The molecule has 3 rings (SSSR count). The number of aromatic nitrogens is 1. The van der Waals surface area contributed by atoms with Crippen LogP contribution in [-0.2, 0) is 11.2 Å². The molecule has 20 heavy (non-hydrogen) atoms. The molecule has 0 saturated carbocycles. The molecule has 4 nitrogen and oxygen atoms in total. The second-order valence-corrected chi connectivity index (χ2v) is 7.08. The Labute approximate surface area is 124 Å². The third-order valence-corrected chi connectivity index (χ3v) is 5.46. The number of rotatable bonds is 3. The normalized spacial score (nSPS) is 27.4. The minimum Gasteiger partial charge on any atom is -0.338 e. The molecule has 2 saturated heterocycles. The van der Waals surface area contributed by atoms with Crippen LogP contribution in [0.4, 0.5) is 0 Å². The van der Waals surface area contributed by atoms with E-state index in [0.29, 0.717) is 18.5 Å². The van der Waals surface area contributed by atoms with E-state index >= 15 is 0 Å². The summed E-state index contributed by atoms with van der Waals surface area (Å²) in [6.45, 7) is 4.09. The van der Waals surface area contributed by atoms with Gasteiger partial charge in [0.05, 0.1) is 17.1 Å². The Morgan fingerprint density at radius 2 is 2.10 bits per heavy atom. The molecule has 1 aromatic heterocycles. The first-order valence-electron chi connectivity index (χ1n) is 7.56. The van der Waals surface area contributed by atoms with Gasteiger partial charge in [0, 0.05) is 24.0 Å². The minimum atomic E-state index is 0.262. The van der Waals surface area contributed by atoms with Crippen LogP contribution in [0.3, 0.4) is 0 Å². The van der Waals surface area contributed by atoms with Crippen LogP contribution in [0.15, 0.2) is 5.38 Å². The topological polar surface area (TPSA) is 36.4 Å². The quantitative estimate of drug-likeness (QED) is 0.856. The third-order valence-electron chi connectivity index (χ3n) is 4.64. The van der Waals surface area contributed by atoms with E-state index in [0.717, 1.165) is 30.1 Å². The van der Waals surface area contributed by atoms with Crippen molar-refractivity contribution in [2.45, 2.75) is 51.1 Å². The lowest BCUT2D eigenvalue weighted by Crippen LogP contribution is -2.47. The number of amides is 1.